The number of hydrogen-bond donors (Lipinski definition) is 2. The highest BCUT2D eigenvalue weighted by Crippen LogP contribution is 2.23. The molecule has 2 N–H and O–H groups in total. The van der Waals surface area contributed by atoms with Crippen molar-refractivity contribution in [3.05, 3.63) is 52.7 Å². The second-order valence-corrected chi connectivity index (χ2v) is 6.04. The van der Waals surface area contributed by atoms with E-state index in [0.717, 1.165) is 5.56 Å². The highest BCUT2D eigenvalue weighted by Gasteiger charge is 2.13. The molecule has 1 heterocycles. The number of aromatic carboxylic acids is 1. The molecule has 0 aliphatic carbocycles. The minimum atomic E-state index is -1.06. The summed E-state index contributed by atoms with van der Waals surface area (Å²) in [6.45, 7) is 0. The summed E-state index contributed by atoms with van der Waals surface area (Å²) in [7, 11) is 0. The quantitative estimate of drug-likeness (QED) is 0.853. The van der Waals surface area contributed by atoms with Crippen LogP contribution in [0.2, 0.25) is 0 Å². The van der Waals surface area contributed by atoms with Crippen molar-refractivity contribution in [2.75, 3.05) is 11.1 Å². The molecular weight excluding hydrogens is 313 g/mol. The number of hydrogen-bond acceptors (Lipinski definition) is 4. The molecule has 0 saturated carbocycles. The molecule has 1 aromatic carbocycles. The first kappa shape index (κ1) is 15.5. The number of nitrogens with one attached hydrogen (secondary N) is 1. The zero-order chi connectivity index (χ0) is 15.2. The van der Waals surface area contributed by atoms with E-state index in [-0.39, 0.29) is 23.0 Å². The third-order valence-electron chi connectivity index (χ3n) is 2.56. The molecule has 4 nitrogen and oxygen atoms in total. The number of anilines is 1. The topological polar surface area (TPSA) is 66.4 Å². The number of carbonyl (C=O) groups is 2. The molecule has 110 valence electrons. The monoisotopic (exact) mass is 325 g/mol. The zero-order valence-electron chi connectivity index (χ0n) is 10.8. The van der Waals surface area contributed by atoms with Gasteiger partial charge < -0.3 is 10.4 Å². The smallest absolute Gasteiger partial charge is 0.338 e. The normalized spacial score (nSPS) is 10.3. The van der Waals surface area contributed by atoms with Crippen molar-refractivity contribution < 1.29 is 19.1 Å². The standard InChI is InChI=1S/C14H12FNO3S2/c15-10-3-1-9(2-4-10)7-20-8-12(17)16-13-11(14(18)19)5-6-21-13/h1-6H,7-8H2,(H,16,17)(H,18,19). The van der Waals surface area contributed by atoms with Gasteiger partial charge in [0.05, 0.1) is 11.3 Å². The van der Waals surface area contributed by atoms with Gasteiger partial charge in [0.15, 0.2) is 0 Å². The summed E-state index contributed by atoms with van der Waals surface area (Å²) in [6.07, 6.45) is 0. The van der Waals surface area contributed by atoms with E-state index in [1.54, 1.807) is 17.5 Å². The van der Waals surface area contributed by atoms with E-state index < -0.39 is 5.97 Å². The van der Waals surface area contributed by atoms with Crippen LogP contribution in [0.25, 0.3) is 0 Å². The Morgan fingerprint density at radius 3 is 2.62 bits per heavy atom. The number of amides is 1. The second-order valence-electron chi connectivity index (χ2n) is 4.14. The zero-order valence-corrected chi connectivity index (χ0v) is 12.5. The molecule has 21 heavy (non-hydrogen) atoms. The van der Waals surface area contributed by atoms with Crippen LogP contribution >= 0.6 is 23.1 Å². The predicted molar refractivity (Wildman–Crippen MR) is 82.5 cm³/mol. The minimum absolute atomic E-state index is 0.0943. The fourth-order valence-corrected chi connectivity index (χ4v) is 3.16. The van der Waals surface area contributed by atoms with Crippen LogP contribution in [0.15, 0.2) is 35.7 Å². The number of benzene rings is 1. The molecule has 1 aromatic heterocycles. The Morgan fingerprint density at radius 1 is 1.24 bits per heavy atom. The Bertz CT molecular complexity index is 640. The summed E-state index contributed by atoms with van der Waals surface area (Å²) < 4.78 is 12.7. The fourth-order valence-electron chi connectivity index (χ4n) is 1.58. The van der Waals surface area contributed by atoms with Gasteiger partial charge in [-0.25, -0.2) is 9.18 Å². The van der Waals surface area contributed by atoms with Gasteiger partial charge in [-0.1, -0.05) is 12.1 Å². The molecule has 0 fully saturated rings. The van der Waals surface area contributed by atoms with Crippen LogP contribution in [0, 0.1) is 5.82 Å². The number of thiophene rings is 1. The summed E-state index contributed by atoms with van der Waals surface area (Å²) >= 11 is 2.55. The van der Waals surface area contributed by atoms with E-state index in [9.17, 15) is 14.0 Å². The van der Waals surface area contributed by atoms with Gasteiger partial charge in [0.1, 0.15) is 10.8 Å². The van der Waals surface area contributed by atoms with Gasteiger partial charge in [0.25, 0.3) is 0 Å². The van der Waals surface area contributed by atoms with Gasteiger partial charge in [0.2, 0.25) is 5.91 Å². The van der Waals surface area contributed by atoms with Crippen LogP contribution in [-0.4, -0.2) is 22.7 Å². The largest absolute Gasteiger partial charge is 0.478 e. The third kappa shape index (κ3) is 4.57. The SMILES string of the molecule is O=C(CSCc1ccc(F)cc1)Nc1sccc1C(=O)O. The Balaban J connectivity index is 1.81. The number of rotatable bonds is 6. The first-order valence-corrected chi connectivity index (χ1v) is 8.02. The summed E-state index contributed by atoms with van der Waals surface area (Å²) in [5.74, 6) is -0.823. The molecule has 0 aliphatic heterocycles. The van der Waals surface area contributed by atoms with E-state index in [1.807, 2.05) is 0 Å². The lowest BCUT2D eigenvalue weighted by Crippen LogP contribution is -2.15. The van der Waals surface area contributed by atoms with Gasteiger partial charge in [-0.05, 0) is 29.1 Å². The summed E-state index contributed by atoms with van der Waals surface area (Å²) in [6, 6.07) is 7.54. The van der Waals surface area contributed by atoms with Gasteiger partial charge in [-0.2, -0.15) is 0 Å². The number of carboxylic acid groups (broad SMARTS) is 1. The number of thioether (sulfide) groups is 1. The highest BCUT2D eigenvalue weighted by molar-refractivity contribution is 7.99. The fraction of sp³-hybridized carbons (Fsp3) is 0.143. The lowest BCUT2D eigenvalue weighted by molar-refractivity contribution is -0.113. The van der Waals surface area contributed by atoms with Crippen LogP contribution in [0.3, 0.4) is 0 Å². The minimum Gasteiger partial charge on any atom is -0.478 e. The van der Waals surface area contributed by atoms with Crippen molar-refractivity contribution in [2.24, 2.45) is 0 Å². The molecule has 0 spiro atoms. The Morgan fingerprint density at radius 2 is 1.95 bits per heavy atom. The van der Waals surface area contributed by atoms with E-state index in [2.05, 4.69) is 5.32 Å². The average molecular weight is 325 g/mol. The first-order chi connectivity index (χ1) is 10.1. The highest BCUT2D eigenvalue weighted by atomic mass is 32.2. The first-order valence-electron chi connectivity index (χ1n) is 5.99. The molecule has 0 bridgehead atoms. The number of carbonyl (C=O) groups excluding carboxylic acids is 1. The van der Waals surface area contributed by atoms with Crippen LogP contribution in [0.1, 0.15) is 15.9 Å². The molecule has 7 heteroatoms. The maximum atomic E-state index is 12.7. The van der Waals surface area contributed by atoms with E-state index in [1.165, 1.54) is 41.3 Å². The Kier molecular flexibility index (Phi) is 5.35. The molecule has 0 radical (unpaired) electrons. The van der Waals surface area contributed by atoms with Crippen molar-refractivity contribution in [1.82, 2.24) is 0 Å². The van der Waals surface area contributed by atoms with E-state index >= 15 is 0 Å². The van der Waals surface area contributed by atoms with Gasteiger partial charge in [0, 0.05) is 5.75 Å². The van der Waals surface area contributed by atoms with Gasteiger partial charge in [-0.15, -0.1) is 23.1 Å². The molecule has 2 rings (SSSR count). The third-order valence-corrected chi connectivity index (χ3v) is 4.40. The summed E-state index contributed by atoms with van der Waals surface area (Å²) in [5.41, 5.74) is 1.02. The Labute approximate surface area is 129 Å². The van der Waals surface area contributed by atoms with Crippen molar-refractivity contribution in [2.45, 2.75) is 5.75 Å². The van der Waals surface area contributed by atoms with Crippen molar-refractivity contribution in [1.29, 1.82) is 0 Å². The molecule has 2 aromatic rings. The molecule has 0 unspecified atom stereocenters. The molecule has 0 aliphatic rings. The second kappa shape index (κ2) is 7.24. The number of carboxylic acids is 1. The maximum Gasteiger partial charge on any atom is 0.338 e. The van der Waals surface area contributed by atoms with Crippen molar-refractivity contribution in [3.63, 3.8) is 0 Å². The van der Waals surface area contributed by atoms with E-state index in [0.29, 0.717) is 10.8 Å². The number of halogens is 1. The molecule has 1 amide bonds. The van der Waals surface area contributed by atoms with Crippen molar-refractivity contribution in [3.8, 4) is 0 Å². The van der Waals surface area contributed by atoms with Gasteiger partial charge >= 0.3 is 5.97 Å². The maximum absolute atomic E-state index is 12.7. The van der Waals surface area contributed by atoms with Crippen molar-refractivity contribution >= 4 is 40.0 Å². The van der Waals surface area contributed by atoms with Crippen LogP contribution in [0.5, 0.6) is 0 Å². The molecule has 0 saturated heterocycles. The van der Waals surface area contributed by atoms with Crippen LogP contribution < -0.4 is 5.32 Å². The molecule has 0 atom stereocenters. The Hall–Kier alpha value is -1.86. The van der Waals surface area contributed by atoms with E-state index in [4.69, 9.17) is 5.11 Å². The van der Waals surface area contributed by atoms with Crippen LogP contribution in [-0.2, 0) is 10.5 Å². The lowest BCUT2D eigenvalue weighted by atomic mass is 10.2. The predicted octanol–water partition coefficient (Wildman–Crippen LogP) is 3.46. The molecular formula is C14H12FNO3S2. The van der Waals surface area contributed by atoms with Crippen LogP contribution in [0.4, 0.5) is 9.39 Å². The average Bonchev–Trinajstić information content (AvgIpc) is 2.89. The summed E-state index contributed by atoms with van der Waals surface area (Å²) in [5, 5.41) is 13.5. The summed E-state index contributed by atoms with van der Waals surface area (Å²) in [4.78, 5) is 22.7. The lowest BCUT2D eigenvalue weighted by Gasteiger charge is -2.04. The van der Waals surface area contributed by atoms with Gasteiger partial charge in [-0.3, -0.25) is 4.79 Å².